The van der Waals surface area contributed by atoms with Gasteiger partial charge in [0.1, 0.15) is 5.82 Å². The SMILES string of the molecule is c1ccc(-c2nc3ccccc3n2-c2ccc3c4c2ccc2cccc(c24)n3-c2ccccc2)cc1. The maximum Gasteiger partial charge on any atom is 0.145 e. The van der Waals surface area contributed by atoms with Crippen LogP contribution in [0.2, 0.25) is 0 Å². The molecule has 0 saturated carbocycles. The molecular formula is C33H21N3. The van der Waals surface area contributed by atoms with Crippen molar-refractivity contribution in [2.45, 2.75) is 0 Å². The molecule has 2 aromatic heterocycles. The van der Waals surface area contributed by atoms with Crippen LogP contribution in [0.3, 0.4) is 0 Å². The molecule has 0 amide bonds. The van der Waals surface area contributed by atoms with Gasteiger partial charge in [0.2, 0.25) is 0 Å². The minimum absolute atomic E-state index is 0.957. The fourth-order valence-corrected chi connectivity index (χ4v) is 5.77. The monoisotopic (exact) mass is 459 g/mol. The molecule has 2 heterocycles. The Labute approximate surface area is 207 Å². The maximum atomic E-state index is 5.08. The summed E-state index contributed by atoms with van der Waals surface area (Å²) in [5.41, 5.74) is 7.98. The van der Waals surface area contributed by atoms with E-state index in [0.29, 0.717) is 0 Å². The Morgan fingerprint density at radius 1 is 0.472 bits per heavy atom. The molecule has 0 aliphatic rings. The fourth-order valence-electron chi connectivity index (χ4n) is 5.77. The Kier molecular flexibility index (Phi) is 3.94. The van der Waals surface area contributed by atoms with Gasteiger partial charge in [-0.15, -0.1) is 0 Å². The highest BCUT2D eigenvalue weighted by atomic mass is 15.1. The lowest BCUT2D eigenvalue weighted by Gasteiger charge is -2.14. The predicted octanol–water partition coefficient (Wildman–Crippen LogP) is 8.38. The van der Waals surface area contributed by atoms with E-state index in [1.165, 1.54) is 38.3 Å². The molecule has 8 rings (SSSR count). The third-order valence-electron chi connectivity index (χ3n) is 7.28. The summed E-state index contributed by atoms with van der Waals surface area (Å²) in [6.45, 7) is 0. The lowest BCUT2D eigenvalue weighted by atomic mass is 10.0. The van der Waals surface area contributed by atoms with Crippen LogP contribution in [-0.2, 0) is 0 Å². The normalized spacial score (nSPS) is 11.9. The number of imidazole rings is 1. The van der Waals surface area contributed by atoms with Crippen LogP contribution in [-0.4, -0.2) is 14.1 Å². The van der Waals surface area contributed by atoms with Crippen molar-refractivity contribution in [1.82, 2.24) is 14.1 Å². The molecule has 0 fully saturated rings. The smallest absolute Gasteiger partial charge is 0.145 e. The summed E-state index contributed by atoms with van der Waals surface area (Å²) in [5, 5.41) is 5.09. The van der Waals surface area contributed by atoms with Crippen molar-refractivity contribution in [1.29, 1.82) is 0 Å². The molecule has 0 spiro atoms. The number of para-hydroxylation sites is 3. The molecule has 0 aliphatic carbocycles. The summed E-state index contributed by atoms with van der Waals surface area (Å²) in [5.74, 6) is 0.957. The first kappa shape index (κ1) is 19.4. The lowest BCUT2D eigenvalue weighted by molar-refractivity contribution is 1.11. The number of hydrogen-bond donors (Lipinski definition) is 0. The van der Waals surface area contributed by atoms with Crippen LogP contribution in [0.25, 0.3) is 66.4 Å². The van der Waals surface area contributed by atoms with E-state index in [-0.39, 0.29) is 0 Å². The third-order valence-corrected chi connectivity index (χ3v) is 7.28. The average Bonchev–Trinajstić information content (AvgIpc) is 3.50. The van der Waals surface area contributed by atoms with Gasteiger partial charge < -0.3 is 4.57 Å². The number of hydrogen-bond acceptors (Lipinski definition) is 1. The van der Waals surface area contributed by atoms with Crippen molar-refractivity contribution in [2.24, 2.45) is 0 Å². The topological polar surface area (TPSA) is 22.8 Å². The van der Waals surface area contributed by atoms with Crippen molar-refractivity contribution in [2.75, 3.05) is 0 Å². The molecular weight excluding hydrogens is 438 g/mol. The molecule has 36 heavy (non-hydrogen) atoms. The van der Waals surface area contributed by atoms with E-state index < -0.39 is 0 Å². The van der Waals surface area contributed by atoms with Gasteiger partial charge in [-0.1, -0.05) is 84.9 Å². The van der Waals surface area contributed by atoms with Crippen molar-refractivity contribution in [3.8, 4) is 22.8 Å². The summed E-state index contributed by atoms with van der Waals surface area (Å²) in [7, 11) is 0. The lowest BCUT2D eigenvalue weighted by Crippen LogP contribution is -1.99. The first-order valence-electron chi connectivity index (χ1n) is 12.3. The Morgan fingerprint density at radius 2 is 1.19 bits per heavy atom. The van der Waals surface area contributed by atoms with E-state index in [2.05, 4.69) is 137 Å². The van der Waals surface area contributed by atoms with Gasteiger partial charge in [-0.25, -0.2) is 4.98 Å². The minimum atomic E-state index is 0.957. The van der Waals surface area contributed by atoms with Crippen molar-refractivity contribution in [3.05, 3.63) is 127 Å². The molecule has 0 atom stereocenters. The predicted molar refractivity (Wildman–Crippen MR) is 150 cm³/mol. The summed E-state index contributed by atoms with van der Waals surface area (Å²) in [4.78, 5) is 5.08. The van der Waals surface area contributed by atoms with E-state index >= 15 is 0 Å². The molecule has 0 radical (unpaired) electrons. The van der Waals surface area contributed by atoms with Crippen molar-refractivity contribution in [3.63, 3.8) is 0 Å². The molecule has 0 saturated heterocycles. The molecule has 0 N–H and O–H groups in total. The van der Waals surface area contributed by atoms with Crippen molar-refractivity contribution < 1.29 is 0 Å². The number of rotatable bonds is 3. The molecule has 3 heteroatoms. The van der Waals surface area contributed by atoms with Gasteiger partial charge in [-0.2, -0.15) is 0 Å². The van der Waals surface area contributed by atoms with Gasteiger partial charge in [0.15, 0.2) is 0 Å². The fraction of sp³-hybridized carbons (Fsp3) is 0. The Hall–Kier alpha value is -4.89. The molecule has 0 bridgehead atoms. The van der Waals surface area contributed by atoms with Gasteiger partial charge >= 0.3 is 0 Å². The standard InChI is InChI=1S/C33H21N3/c1-3-10-23(11-4-1)33-34-26-15-7-8-16-28(26)36(33)27-20-21-30-32-25(27)19-18-22-12-9-17-29(31(22)32)35(30)24-13-5-2-6-14-24/h1-21H. The summed E-state index contributed by atoms with van der Waals surface area (Å²) < 4.78 is 4.71. The molecule has 3 nitrogen and oxygen atoms in total. The Balaban J connectivity index is 1.53. The van der Waals surface area contributed by atoms with E-state index in [9.17, 15) is 0 Å². The highest BCUT2D eigenvalue weighted by Crippen LogP contribution is 2.42. The first-order valence-corrected chi connectivity index (χ1v) is 12.3. The molecule has 6 aromatic carbocycles. The van der Waals surface area contributed by atoms with Gasteiger partial charge in [0, 0.05) is 27.4 Å². The maximum absolute atomic E-state index is 5.08. The van der Waals surface area contributed by atoms with E-state index in [0.717, 1.165) is 28.1 Å². The Bertz CT molecular complexity index is 2030. The highest BCUT2D eigenvalue weighted by molar-refractivity contribution is 6.25. The van der Waals surface area contributed by atoms with Gasteiger partial charge in [0.05, 0.1) is 27.8 Å². The molecule has 0 aliphatic heterocycles. The average molecular weight is 460 g/mol. The van der Waals surface area contributed by atoms with Crippen LogP contribution in [0.5, 0.6) is 0 Å². The Morgan fingerprint density at radius 3 is 2.06 bits per heavy atom. The summed E-state index contributed by atoms with van der Waals surface area (Å²) in [6, 6.07) is 45.2. The molecule has 168 valence electrons. The van der Waals surface area contributed by atoms with Gasteiger partial charge in [0.25, 0.3) is 0 Å². The van der Waals surface area contributed by atoms with E-state index in [1.807, 2.05) is 0 Å². The highest BCUT2D eigenvalue weighted by Gasteiger charge is 2.21. The van der Waals surface area contributed by atoms with Gasteiger partial charge in [-0.05, 0) is 47.9 Å². The van der Waals surface area contributed by atoms with Crippen LogP contribution >= 0.6 is 0 Å². The molecule has 8 aromatic rings. The van der Waals surface area contributed by atoms with Crippen LogP contribution < -0.4 is 0 Å². The minimum Gasteiger partial charge on any atom is -0.309 e. The van der Waals surface area contributed by atoms with Crippen LogP contribution in [0.15, 0.2) is 127 Å². The number of aromatic nitrogens is 3. The summed E-state index contributed by atoms with van der Waals surface area (Å²) >= 11 is 0. The largest absolute Gasteiger partial charge is 0.309 e. The van der Waals surface area contributed by atoms with Gasteiger partial charge in [-0.3, -0.25) is 4.57 Å². The van der Waals surface area contributed by atoms with Crippen molar-refractivity contribution >= 4 is 43.6 Å². The second-order valence-electron chi connectivity index (χ2n) is 9.26. The third kappa shape index (κ3) is 2.60. The zero-order chi connectivity index (χ0) is 23.6. The van der Waals surface area contributed by atoms with Crippen LogP contribution in [0.1, 0.15) is 0 Å². The second kappa shape index (κ2) is 7.30. The van der Waals surface area contributed by atoms with E-state index in [1.54, 1.807) is 0 Å². The summed E-state index contributed by atoms with van der Waals surface area (Å²) in [6.07, 6.45) is 0. The number of fused-ring (bicyclic) bond motifs is 1. The molecule has 0 unspecified atom stereocenters. The van der Waals surface area contributed by atoms with Crippen LogP contribution in [0.4, 0.5) is 0 Å². The zero-order valence-electron chi connectivity index (χ0n) is 19.5. The van der Waals surface area contributed by atoms with E-state index in [4.69, 9.17) is 4.98 Å². The van der Waals surface area contributed by atoms with Crippen LogP contribution in [0, 0.1) is 0 Å². The zero-order valence-corrected chi connectivity index (χ0v) is 19.5. The number of nitrogens with zero attached hydrogens (tertiary/aromatic N) is 3. The first-order chi connectivity index (χ1) is 17.9. The quantitative estimate of drug-likeness (QED) is 0.243. The second-order valence-corrected chi connectivity index (χ2v) is 9.26. The number of benzene rings is 6.